The number of hydrogen-bond donors (Lipinski definition) is 1. The second kappa shape index (κ2) is 13.5. The van der Waals surface area contributed by atoms with Gasteiger partial charge in [0, 0.05) is 19.0 Å². The lowest BCUT2D eigenvalue weighted by Gasteiger charge is -2.32. The minimum atomic E-state index is -0.710. The molecule has 1 N–H and O–H groups in total. The third-order valence-corrected chi connectivity index (χ3v) is 6.44. The van der Waals surface area contributed by atoms with Gasteiger partial charge in [0.1, 0.15) is 17.5 Å². The highest BCUT2D eigenvalue weighted by molar-refractivity contribution is 5.88. The van der Waals surface area contributed by atoms with Gasteiger partial charge in [-0.25, -0.2) is 0 Å². The summed E-state index contributed by atoms with van der Waals surface area (Å²) < 4.78 is 11.3. The van der Waals surface area contributed by atoms with Crippen molar-refractivity contribution in [3.63, 3.8) is 0 Å². The zero-order chi connectivity index (χ0) is 26.8. The van der Waals surface area contributed by atoms with E-state index in [1.165, 1.54) is 0 Å². The number of nitrogens with zero attached hydrogens (tertiary/aromatic N) is 1. The van der Waals surface area contributed by atoms with Crippen LogP contribution in [0, 0.1) is 13.8 Å². The van der Waals surface area contributed by atoms with Crippen LogP contribution in [0.5, 0.6) is 11.5 Å². The molecule has 0 aromatic heterocycles. The molecule has 0 unspecified atom stereocenters. The monoisotopic (exact) mass is 502 g/mol. The molecular formula is C31H38N2O4. The molecule has 0 spiro atoms. The Hall–Kier alpha value is -3.80. The quantitative estimate of drug-likeness (QED) is 0.368. The molecule has 2 atom stereocenters. The van der Waals surface area contributed by atoms with E-state index in [-0.39, 0.29) is 31.0 Å². The van der Waals surface area contributed by atoms with Crippen molar-refractivity contribution in [2.24, 2.45) is 0 Å². The molecule has 3 rings (SSSR count). The predicted octanol–water partition coefficient (Wildman–Crippen LogP) is 5.25. The van der Waals surface area contributed by atoms with E-state index in [0.717, 1.165) is 28.7 Å². The number of carbonyl (C=O) groups is 2. The van der Waals surface area contributed by atoms with Crippen molar-refractivity contribution in [2.45, 2.75) is 59.2 Å². The van der Waals surface area contributed by atoms with Crippen LogP contribution >= 0.6 is 0 Å². The van der Waals surface area contributed by atoms with Crippen LogP contribution in [0.2, 0.25) is 0 Å². The van der Waals surface area contributed by atoms with Crippen LogP contribution in [0.15, 0.2) is 72.8 Å². The van der Waals surface area contributed by atoms with Gasteiger partial charge in [-0.05, 0) is 62.1 Å². The van der Waals surface area contributed by atoms with E-state index in [4.69, 9.17) is 9.47 Å². The maximum absolute atomic E-state index is 13.7. The van der Waals surface area contributed by atoms with Gasteiger partial charge < -0.3 is 19.7 Å². The molecule has 0 aliphatic heterocycles. The molecule has 0 aliphatic rings. The van der Waals surface area contributed by atoms with Crippen molar-refractivity contribution in [3.8, 4) is 11.5 Å². The van der Waals surface area contributed by atoms with Gasteiger partial charge in [0.25, 0.3) is 5.91 Å². The van der Waals surface area contributed by atoms with E-state index >= 15 is 0 Å². The lowest BCUT2D eigenvalue weighted by atomic mass is 10.0. The average Bonchev–Trinajstić information content (AvgIpc) is 2.90. The summed E-state index contributed by atoms with van der Waals surface area (Å²) in [6, 6.07) is 22.5. The van der Waals surface area contributed by atoms with E-state index < -0.39 is 6.04 Å². The van der Waals surface area contributed by atoms with Gasteiger partial charge in [0.05, 0.1) is 7.11 Å². The molecule has 0 aliphatic carbocycles. The lowest BCUT2D eigenvalue weighted by Crippen LogP contribution is -2.53. The number of benzene rings is 3. The van der Waals surface area contributed by atoms with Crippen molar-refractivity contribution in [1.82, 2.24) is 10.2 Å². The third kappa shape index (κ3) is 8.10. The fraction of sp³-hybridized carbons (Fsp3) is 0.355. The van der Waals surface area contributed by atoms with Crippen LogP contribution in [0.25, 0.3) is 0 Å². The largest absolute Gasteiger partial charge is 0.497 e. The predicted molar refractivity (Wildman–Crippen MR) is 147 cm³/mol. The van der Waals surface area contributed by atoms with Gasteiger partial charge >= 0.3 is 0 Å². The molecule has 0 bridgehead atoms. The second-order valence-electron chi connectivity index (χ2n) is 9.45. The molecule has 6 nitrogen and oxygen atoms in total. The molecule has 6 heteroatoms. The Morgan fingerprint density at radius 2 is 1.68 bits per heavy atom. The summed E-state index contributed by atoms with van der Waals surface area (Å²) >= 11 is 0. The highest BCUT2D eigenvalue weighted by Crippen LogP contribution is 2.21. The Morgan fingerprint density at radius 1 is 0.946 bits per heavy atom. The summed E-state index contributed by atoms with van der Waals surface area (Å²) in [6.45, 7) is 8.04. The first kappa shape index (κ1) is 27.8. The van der Waals surface area contributed by atoms with Crippen LogP contribution in [0.1, 0.15) is 42.5 Å². The van der Waals surface area contributed by atoms with E-state index in [2.05, 4.69) is 5.32 Å². The van der Waals surface area contributed by atoms with Gasteiger partial charge in [-0.2, -0.15) is 0 Å². The molecule has 0 saturated carbocycles. The molecule has 0 saturated heterocycles. The first-order chi connectivity index (χ1) is 17.8. The Kier molecular flexibility index (Phi) is 10.1. The Bertz CT molecular complexity index is 1180. The second-order valence-corrected chi connectivity index (χ2v) is 9.45. The maximum atomic E-state index is 13.7. The van der Waals surface area contributed by atoms with Crippen LogP contribution in [0.4, 0.5) is 0 Å². The molecule has 3 aromatic carbocycles. The van der Waals surface area contributed by atoms with E-state index in [9.17, 15) is 9.59 Å². The zero-order valence-electron chi connectivity index (χ0n) is 22.5. The van der Waals surface area contributed by atoms with Gasteiger partial charge in [0.2, 0.25) is 5.91 Å². The zero-order valence-corrected chi connectivity index (χ0v) is 22.5. The standard InChI is InChI=1S/C31H38N2O4/c1-6-24(4)32-31(35)28(19-25-11-8-7-9-12-25)33(20-26-13-10-14-27(18-26)36-5)30(34)21-37-29-16-15-22(2)17-23(29)3/h7-18,24,28H,6,19-21H2,1-5H3,(H,32,35)/t24-,28+/m1/s1. The number of nitrogens with one attached hydrogen (secondary N) is 1. The normalized spacial score (nSPS) is 12.4. The SMILES string of the molecule is CC[C@@H](C)NC(=O)[C@H](Cc1ccccc1)N(Cc1cccc(OC)c1)C(=O)COc1ccc(C)cc1C. The third-order valence-electron chi connectivity index (χ3n) is 6.44. The minimum Gasteiger partial charge on any atom is -0.497 e. The average molecular weight is 503 g/mol. The summed E-state index contributed by atoms with van der Waals surface area (Å²) in [5, 5.41) is 3.08. The molecule has 0 heterocycles. The van der Waals surface area contributed by atoms with Crippen LogP contribution < -0.4 is 14.8 Å². The van der Waals surface area contributed by atoms with Crippen LogP contribution in [-0.4, -0.2) is 42.5 Å². The number of hydrogen-bond acceptors (Lipinski definition) is 4. The molecule has 2 amide bonds. The summed E-state index contributed by atoms with van der Waals surface area (Å²) in [6.07, 6.45) is 1.19. The first-order valence-corrected chi connectivity index (χ1v) is 12.8. The summed E-state index contributed by atoms with van der Waals surface area (Å²) in [5.41, 5.74) is 3.93. The van der Waals surface area contributed by atoms with Crippen LogP contribution in [-0.2, 0) is 22.6 Å². The smallest absolute Gasteiger partial charge is 0.261 e. The number of methoxy groups -OCH3 is 1. The Labute approximate surface area is 220 Å². The molecule has 37 heavy (non-hydrogen) atoms. The highest BCUT2D eigenvalue weighted by atomic mass is 16.5. The topological polar surface area (TPSA) is 67.9 Å². The highest BCUT2D eigenvalue weighted by Gasteiger charge is 2.31. The van der Waals surface area contributed by atoms with Crippen molar-refractivity contribution in [3.05, 3.63) is 95.1 Å². The van der Waals surface area contributed by atoms with E-state index in [1.54, 1.807) is 12.0 Å². The summed E-state index contributed by atoms with van der Waals surface area (Å²) in [5.74, 6) is 0.910. The maximum Gasteiger partial charge on any atom is 0.261 e. The lowest BCUT2D eigenvalue weighted by molar-refractivity contribution is -0.143. The van der Waals surface area contributed by atoms with Gasteiger partial charge in [-0.3, -0.25) is 9.59 Å². The minimum absolute atomic E-state index is 0.00833. The van der Waals surface area contributed by atoms with Crippen molar-refractivity contribution in [2.75, 3.05) is 13.7 Å². The molecule has 196 valence electrons. The number of rotatable bonds is 12. The Balaban J connectivity index is 1.94. The number of amides is 2. The van der Waals surface area contributed by atoms with Crippen molar-refractivity contribution >= 4 is 11.8 Å². The first-order valence-electron chi connectivity index (χ1n) is 12.8. The Morgan fingerprint density at radius 3 is 2.35 bits per heavy atom. The summed E-state index contributed by atoms with van der Waals surface area (Å²) in [4.78, 5) is 28.9. The number of carbonyl (C=O) groups excluding carboxylic acids is 2. The fourth-order valence-electron chi connectivity index (χ4n) is 4.15. The van der Waals surface area contributed by atoms with Crippen molar-refractivity contribution < 1.29 is 19.1 Å². The molecule has 0 fully saturated rings. The van der Waals surface area contributed by atoms with E-state index in [0.29, 0.717) is 17.9 Å². The van der Waals surface area contributed by atoms with Crippen molar-refractivity contribution in [1.29, 1.82) is 0 Å². The van der Waals surface area contributed by atoms with E-state index in [1.807, 2.05) is 100 Å². The number of ether oxygens (including phenoxy) is 2. The molecule has 0 radical (unpaired) electrons. The molecular weight excluding hydrogens is 464 g/mol. The van der Waals surface area contributed by atoms with Gasteiger partial charge in [-0.1, -0.05) is 67.1 Å². The molecule has 3 aromatic rings. The number of aryl methyl sites for hydroxylation is 2. The van der Waals surface area contributed by atoms with Crippen LogP contribution in [0.3, 0.4) is 0 Å². The van der Waals surface area contributed by atoms with Gasteiger partial charge in [-0.15, -0.1) is 0 Å². The summed E-state index contributed by atoms with van der Waals surface area (Å²) in [7, 11) is 1.61. The fourth-order valence-corrected chi connectivity index (χ4v) is 4.15. The van der Waals surface area contributed by atoms with Gasteiger partial charge in [0.15, 0.2) is 6.61 Å².